The van der Waals surface area contributed by atoms with Gasteiger partial charge in [-0.2, -0.15) is 0 Å². The Balaban J connectivity index is 1.66. The van der Waals surface area contributed by atoms with Crippen molar-refractivity contribution >= 4 is 22.2 Å². The van der Waals surface area contributed by atoms with Gasteiger partial charge >= 0.3 is 0 Å². The van der Waals surface area contributed by atoms with Crippen molar-refractivity contribution in [3.05, 3.63) is 60.8 Å². The van der Waals surface area contributed by atoms with Gasteiger partial charge < -0.3 is 5.32 Å². The predicted octanol–water partition coefficient (Wildman–Crippen LogP) is 5.15. The molecule has 0 saturated heterocycles. The van der Waals surface area contributed by atoms with E-state index < -0.39 is 0 Å². The molecule has 2 aromatic heterocycles. The van der Waals surface area contributed by atoms with E-state index in [0.717, 1.165) is 29.3 Å². The summed E-state index contributed by atoms with van der Waals surface area (Å²) in [5.74, 6) is 0.894. The minimum atomic E-state index is 0.863. The van der Waals surface area contributed by atoms with Gasteiger partial charge in [0.1, 0.15) is 5.82 Å². The average Bonchev–Trinajstić information content (AvgIpc) is 3.08. The van der Waals surface area contributed by atoms with Crippen molar-refractivity contribution in [1.29, 1.82) is 0 Å². The third-order valence-electron chi connectivity index (χ3n) is 4.47. The quantitative estimate of drug-likeness (QED) is 0.497. The van der Waals surface area contributed by atoms with Gasteiger partial charge in [0.15, 0.2) is 5.65 Å². The lowest BCUT2D eigenvalue weighted by molar-refractivity contribution is 0.740. The van der Waals surface area contributed by atoms with Gasteiger partial charge in [0.05, 0.1) is 11.9 Å². The zero-order chi connectivity index (χ0) is 17.1. The van der Waals surface area contributed by atoms with Crippen molar-refractivity contribution in [1.82, 2.24) is 14.6 Å². The summed E-state index contributed by atoms with van der Waals surface area (Å²) >= 11 is 0. The molecule has 0 spiro atoms. The molecule has 25 heavy (non-hydrogen) atoms. The Morgan fingerprint density at radius 1 is 0.960 bits per heavy atom. The molecular weight excluding hydrogens is 308 g/mol. The zero-order valence-corrected chi connectivity index (χ0v) is 14.4. The lowest BCUT2D eigenvalue weighted by Gasteiger charge is -2.04. The van der Waals surface area contributed by atoms with Crippen molar-refractivity contribution < 1.29 is 0 Å². The second-order valence-corrected chi connectivity index (χ2v) is 6.31. The Kier molecular flexibility index (Phi) is 4.34. The molecular formula is C21H22N4. The van der Waals surface area contributed by atoms with Crippen molar-refractivity contribution in [3.8, 4) is 11.3 Å². The van der Waals surface area contributed by atoms with E-state index in [9.17, 15) is 0 Å². The third-order valence-corrected chi connectivity index (χ3v) is 4.47. The molecule has 2 aromatic carbocycles. The number of nitrogens with zero attached hydrogens (tertiary/aromatic N) is 3. The molecule has 0 amide bonds. The summed E-state index contributed by atoms with van der Waals surface area (Å²) in [4.78, 5) is 4.76. The normalized spacial score (nSPS) is 11.2. The lowest BCUT2D eigenvalue weighted by atomic mass is 10.0. The van der Waals surface area contributed by atoms with Gasteiger partial charge in [0.25, 0.3) is 0 Å². The molecule has 0 fully saturated rings. The zero-order valence-electron chi connectivity index (χ0n) is 14.4. The lowest BCUT2D eigenvalue weighted by Crippen LogP contribution is -2.05. The summed E-state index contributed by atoms with van der Waals surface area (Å²) in [7, 11) is 0. The highest BCUT2D eigenvalue weighted by Crippen LogP contribution is 2.28. The summed E-state index contributed by atoms with van der Waals surface area (Å²) < 4.78 is 1.86. The summed E-state index contributed by atoms with van der Waals surface area (Å²) in [6.45, 7) is 3.17. The molecule has 0 atom stereocenters. The number of benzene rings is 2. The Morgan fingerprint density at radius 2 is 1.84 bits per heavy atom. The second kappa shape index (κ2) is 6.93. The van der Waals surface area contributed by atoms with Crippen LogP contribution in [0.4, 0.5) is 5.82 Å². The molecule has 0 aliphatic heterocycles. The monoisotopic (exact) mass is 330 g/mol. The fraction of sp³-hybridized carbons (Fsp3) is 0.238. The van der Waals surface area contributed by atoms with Crippen LogP contribution in [0.1, 0.15) is 26.2 Å². The number of aromatic nitrogens is 3. The van der Waals surface area contributed by atoms with Crippen LogP contribution in [0.3, 0.4) is 0 Å². The molecule has 4 aromatic rings. The number of hydrogen-bond donors (Lipinski definition) is 1. The van der Waals surface area contributed by atoms with E-state index in [1.807, 2.05) is 22.8 Å². The van der Waals surface area contributed by atoms with Crippen LogP contribution < -0.4 is 5.32 Å². The largest absolute Gasteiger partial charge is 0.369 e. The van der Waals surface area contributed by atoms with Crippen LogP contribution in [0.2, 0.25) is 0 Å². The van der Waals surface area contributed by atoms with E-state index in [1.54, 1.807) is 0 Å². The van der Waals surface area contributed by atoms with Gasteiger partial charge in [0.2, 0.25) is 0 Å². The van der Waals surface area contributed by atoms with Gasteiger partial charge in [-0.15, -0.1) is 5.10 Å². The molecule has 0 radical (unpaired) electrons. The Bertz CT molecular complexity index is 998. The van der Waals surface area contributed by atoms with Crippen LogP contribution in [0.15, 0.2) is 60.8 Å². The molecule has 0 saturated carbocycles. The number of nitrogens with one attached hydrogen (secondary N) is 1. The molecule has 0 unspecified atom stereocenters. The number of imidazole rings is 1. The number of unbranched alkanes of at least 4 members (excludes halogenated alkanes) is 2. The molecule has 0 aliphatic carbocycles. The minimum Gasteiger partial charge on any atom is -0.369 e. The molecule has 4 heteroatoms. The molecule has 1 N–H and O–H groups in total. The summed E-state index contributed by atoms with van der Waals surface area (Å²) in [5.41, 5.74) is 2.95. The van der Waals surface area contributed by atoms with E-state index in [2.05, 4.69) is 59.8 Å². The van der Waals surface area contributed by atoms with E-state index >= 15 is 0 Å². The predicted molar refractivity (Wildman–Crippen MR) is 104 cm³/mol. The smallest absolute Gasteiger partial charge is 0.154 e. The van der Waals surface area contributed by atoms with Gasteiger partial charge in [0, 0.05) is 12.1 Å². The van der Waals surface area contributed by atoms with Gasteiger partial charge in [-0.3, -0.25) is 0 Å². The molecule has 4 rings (SSSR count). The van der Waals surface area contributed by atoms with Gasteiger partial charge in [-0.1, -0.05) is 62.2 Å². The van der Waals surface area contributed by atoms with Crippen molar-refractivity contribution in [3.63, 3.8) is 0 Å². The number of rotatable bonds is 6. The Morgan fingerprint density at radius 3 is 2.76 bits per heavy atom. The highest BCUT2D eigenvalue weighted by atomic mass is 15.3. The molecule has 126 valence electrons. The molecule has 0 aliphatic rings. The summed E-state index contributed by atoms with van der Waals surface area (Å²) in [6, 6.07) is 18.8. The number of fused-ring (bicyclic) bond motifs is 2. The van der Waals surface area contributed by atoms with Crippen LogP contribution in [0.25, 0.3) is 27.7 Å². The summed E-state index contributed by atoms with van der Waals surface area (Å²) in [5, 5.41) is 10.5. The Labute approximate surface area is 147 Å². The van der Waals surface area contributed by atoms with Gasteiger partial charge in [-0.25, -0.2) is 9.50 Å². The first-order chi connectivity index (χ1) is 12.3. The first-order valence-electron chi connectivity index (χ1n) is 8.93. The number of hydrogen-bond acceptors (Lipinski definition) is 3. The van der Waals surface area contributed by atoms with Crippen LogP contribution >= 0.6 is 0 Å². The fourth-order valence-electron chi connectivity index (χ4n) is 3.15. The highest BCUT2D eigenvalue weighted by Gasteiger charge is 2.09. The minimum absolute atomic E-state index is 0.863. The van der Waals surface area contributed by atoms with Crippen LogP contribution in [0, 0.1) is 0 Å². The van der Waals surface area contributed by atoms with Crippen molar-refractivity contribution in [2.24, 2.45) is 0 Å². The van der Waals surface area contributed by atoms with Crippen LogP contribution in [0.5, 0.6) is 0 Å². The second-order valence-electron chi connectivity index (χ2n) is 6.31. The van der Waals surface area contributed by atoms with E-state index in [4.69, 9.17) is 4.98 Å². The molecule has 4 nitrogen and oxygen atoms in total. The molecule has 0 bridgehead atoms. The fourth-order valence-corrected chi connectivity index (χ4v) is 3.15. The van der Waals surface area contributed by atoms with Gasteiger partial charge in [-0.05, 0) is 29.3 Å². The van der Waals surface area contributed by atoms with Crippen molar-refractivity contribution in [2.45, 2.75) is 26.2 Å². The maximum absolute atomic E-state index is 4.76. The average molecular weight is 330 g/mol. The topological polar surface area (TPSA) is 42.2 Å². The first-order valence-corrected chi connectivity index (χ1v) is 8.93. The standard InChI is InChI=1S/C21H22N4/c1-2-3-6-14-22-20-12-13-21-23-19(15-25(21)24-20)18-11-7-9-16-8-4-5-10-17(16)18/h4-5,7-13,15H,2-3,6,14H2,1H3,(H,22,24). The maximum Gasteiger partial charge on any atom is 0.154 e. The van der Waals surface area contributed by atoms with Crippen molar-refractivity contribution in [2.75, 3.05) is 11.9 Å². The number of anilines is 1. The molecule has 2 heterocycles. The SMILES string of the molecule is CCCCCNc1ccc2nc(-c3cccc4ccccc34)cn2n1. The van der Waals surface area contributed by atoms with E-state index in [-0.39, 0.29) is 0 Å². The maximum atomic E-state index is 4.76. The first kappa shape index (κ1) is 15.6. The van der Waals surface area contributed by atoms with Crippen LogP contribution in [-0.4, -0.2) is 21.1 Å². The van der Waals surface area contributed by atoms with Crippen LogP contribution in [-0.2, 0) is 0 Å². The van der Waals surface area contributed by atoms with E-state index in [1.165, 1.54) is 30.0 Å². The summed E-state index contributed by atoms with van der Waals surface area (Å²) in [6.07, 6.45) is 5.64. The third kappa shape index (κ3) is 3.20. The van der Waals surface area contributed by atoms with E-state index in [0.29, 0.717) is 0 Å². The Hall–Kier alpha value is -2.88. The highest BCUT2D eigenvalue weighted by molar-refractivity contribution is 5.95.